The van der Waals surface area contributed by atoms with Crippen molar-refractivity contribution in [1.29, 1.82) is 0 Å². The van der Waals surface area contributed by atoms with Gasteiger partial charge in [0, 0.05) is 21.3 Å². The summed E-state index contributed by atoms with van der Waals surface area (Å²) in [5.41, 5.74) is 5.76. The Bertz CT molecular complexity index is 567. The van der Waals surface area contributed by atoms with Crippen molar-refractivity contribution in [3.05, 3.63) is 50.4 Å². The molecule has 0 saturated carbocycles. The molecule has 0 spiro atoms. The van der Waals surface area contributed by atoms with E-state index < -0.39 is 5.82 Å². The maximum Gasteiger partial charge on any atom is 0.168 e. The molecule has 0 unspecified atom stereocenters. The van der Waals surface area contributed by atoms with Crippen LogP contribution in [0.3, 0.4) is 0 Å². The molecule has 0 atom stereocenters. The molecule has 17 heavy (non-hydrogen) atoms. The fourth-order valence-corrected chi connectivity index (χ4v) is 2.89. The Balaban J connectivity index is 2.20. The van der Waals surface area contributed by atoms with Crippen LogP contribution in [0.1, 0.15) is 15.2 Å². The van der Waals surface area contributed by atoms with E-state index in [1.807, 2.05) is 11.4 Å². The highest BCUT2D eigenvalue weighted by atomic mass is 79.9. The van der Waals surface area contributed by atoms with E-state index in [2.05, 4.69) is 15.9 Å². The largest absolute Gasteiger partial charge is 0.396 e. The van der Waals surface area contributed by atoms with E-state index in [4.69, 9.17) is 5.73 Å². The number of anilines is 1. The van der Waals surface area contributed by atoms with Crippen LogP contribution in [0.25, 0.3) is 0 Å². The standard InChI is InChI=1S/C12H9BrFNOS/c13-8-3-4-17-12(8)6-11(16)7-1-2-10(15)9(14)5-7/h1-5H,6,15H2. The minimum Gasteiger partial charge on any atom is -0.396 e. The highest BCUT2D eigenvalue weighted by molar-refractivity contribution is 9.10. The molecule has 0 saturated heterocycles. The average Bonchev–Trinajstić information content (AvgIpc) is 2.68. The lowest BCUT2D eigenvalue weighted by Crippen LogP contribution is -2.04. The summed E-state index contributed by atoms with van der Waals surface area (Å²) >= 11 is 4.85. The van der Waals surface area contributed by atoms with E-state index in [1.54, 1.807) is 6.07 Å². The van der Waals surface area contributed by atoms with Crippen molar-refractivity contribution in [1.82, 2.24) is 0 Å². The molecular formula is C12H9BrFNOS. The van der Waals surface area contributed by atoms with Gasteiger partial charge in [0.25, 0.3) is 0 Å². The number of nitrogens with two attached hydrogens (primary N) is 1. The lowest BCUT2D eigenvalue weighted by molar-refractivity contribution is 0.0993. The van der Waals surface area contributed by atoms with E-state index >= 15 is 0 Å². The molecule has 0 aliphatic carbocycles. The number of rotatable bonds is 3. The summed E-state index contributed by atoms with van der Waals surface area (Å²) in [6.07, 6.45) is 0.265. The maximum absolute atomic E-state index is 13.2. The molecule has 88 valence electrons. The van der Waals surface area contributed by atoms with E-state index in [0.717, 1.165) is 9.35 Å². The molecule has 1 heterocycles. The van der Waals surface area contributed by atoms with Gasteiger partial charge in [-0.25, -0.2) is 4.39 Å². The number of carbonyl (C=O) groups excluding carboxylic acids is 1. The van der Waals surface area contributed by atoms with Crippen LogP contribution in [-0.4, -0.2) is 5.78 Å². The first kappa shape index (κ1) is 12.3. The van der Waals surface area contributed by atoms with Crippen molar-refractivity contribution in [3.8, 4) is 0 Å². The predicted octanol–water partition coefficient (Wildman–Crippen LogP) is 3.66. The van der Waals surface area contributed by atoms with Gasteiger partial charge in [0.05, 0.1) is 5.69 Å². The Morgan fingerprint density at radius 2 is 2.18 bits per heavy atom. The molecule has 0 aliphatic rings. The number of nitrogen functional groups attached to an aromatic ring is 1. The zero-order chi connectivity index (χ0) is 12.4. The van der Waals surface area contributed by atoms with Crippen molar-refractivity contribution in [2.24, 2.45) is 0 Å². The summed E-state index contributed by atoms with van der Waals surface area (Å²) in [4.78, 5) is 12.8. The molecule has 0 fully saturated rings. The highest BCUT2D eigenvalue weighted by Gasteiger charge is 2.12. The number of ketones is 1. The molecule has 0 bridgehead atoms. The first-order chi connectivity index (χ1) is 8.08. The SMILES string of the molecule is Nc1ccc(C(=O)Cc2sccc2Br)cc1F. The van der Waals surface area contributed by atoms with Crippen LogP contribution in [0.4, 0.5) is 10.1 Å². The van der Waals surface area contributed by atoms with Crippen LogP contribution in [0, 0.1) is 5.82 Å². The Hall–Kier alpha value is -1.20. The van der Waals surface area contributed by atoms with Crippen LogP contribution < -0.4 is 5.73 Å². The topological polar surface area (TPSA) is 43.1 Å². The van der Waals surface area contributed by atoms with Crippen molar-refractivity contribution < 1.29 is 9.18 Å². The van der Waals surface area contributed by atoms with E-state index in [1.165, 1.54) is 23.5 Å². The second-order valence-electron chi connectivity index (χ2n) is 3.53. The minimum absolute atomic E-state index is 0.0545. The number of carbonyl (C=O) groups is 1. The van der Waals surface area contributed by atoms with Crippen LogP contribution in [0.15, 0.2) is 34.1 Å². The number of hydrogen-bond acceptors (Lipinski definition) is 3. The van der Waals surface area contributed by atoms with Crippen molar-refractivity contribution in [2.45, 2.75) is 6.42 Å². The Labute approximate surface area is 110 Å². The molecule has 2 aromatic rings. The third-order valence-corrected chi connectivity index (χ3v) is 4.26. The molecule has 2 rings (SSSR count). The second-order valence-corrected chi connectivity index (χ2v) is 5.38. The van der Waals surface area contributed by atoms with E-state index in [-0.39, 0.29) is 17.9 Å². The van der Waals surface area contributed by atoms with E-state index in [0.29, 0.717) is 5.56 Å². The number of Topliss-reactive ketones (excluding diaryl/α,β-unsaturated/α-hetero) is 1. The third-order valence-electron chi connectivity index (χ3n) is 2.33. The van der Waals surface area contributed by atoms with Crippen molar-refractivity contribution >= 4 is 38.7 Å². The number of benzene rings is 1. The van der Waals surface area contributed by atoms with Crippen LogP contribution in [0.2, 0.25) is 0 Å². The first-order valence-electron chi connectivity index (χ1n) is 4.88. The van der Waals surface area contributed by atoms with Crippen molar-refractivity contribution in [2.75, 3.05) is 5.73 Å². The van der Waals surface area contributed by atoms with Gasteiger partial charge in [0.1, 0.15) is 5.82 Å². The average molecular weight is 314 g/mol. The minimum atomic E-state index is -0.555. The van der Waals surface area contributed by atoms with Gasteiger partial charge in [-0.3, -0.25) is 4.79 Å². The van der Waals surface area contributed by atoms with Gasteiger partial charge in [0.2, 0.25) is 0 Å². The summed E-state index contributed by atoms with van der Waals surface area (Å²) in [5.74, 6) is -0.673. The highest BCUT2D eigenvalue weighted by Crippen LogP contribution is 2.24. The van der Waals surface area contributed by atoms with Crippen LogP contribution in [-0.2, 0) is 6.42 Å². The van der Waals surface area contributed by atoms with Crippen LogP contribution >= 0.6 is 27.3 Å². The lowest BCUT2D eigenvalue weighted by Gasteiger charge is -2.02. The fourth-order valence-electron chi connectivity index (χ4n) is 1.40. The summed E-state index contributed by atoms with van der Waals surface area (Å²) in [7, 11) is 0. The summed E-state index contributed by atoms with van der Waals surface area (Å²) in [5, 5.41) is 1.90. The van der Waals surface area contributed by atoms with Gasteiger partial charge < -0.3 is 5.73 Å². The number of hydrogen-bond donors (Lipinski definition) is 1. The molecule has 0 amide bonds. The fraction of sp³-hybridized carbons (Fsp3) is 0.0833. The molecule has 1 aromatic carbocycles. The molecule has 2 N–H and O–H groups in total. The zero-order valence-corrected chi connectivity index (χ0v) is 11.1. The van der Waals surface area contributed by atoms with Crippen LogP contribution in [0.5, 0.6) is 0 Å². The van der Waals surface area contributed by atoms with Gasteiger partial charge in [-0.1, -0.05) is 0 Å². The summed E-state index contributed by atoms with van der Waals surface area (Å²) in [6.45, 7) is 0. The molecule has 0 aliphatic heterocycles. The third kappa shape index (κ3) is 2.73. The Morgan fingerprint density at radius 1 is 1.41 bits per heavy atom. The lowest BCUT2D eigenvalue weighted by atomic mass is 10.1. The van der Waals surface area contributed by atoms with Gasteiger partial charge in [0.15, 0.2) is 5.78 Å². The van der Waals surface area contributed by atoms with E-state index in [9.17, 15) is 9.18 Å². The molecular weight excluding hydrogens is 305 g/mol. The van der Waals surface area contributed by atoms with Crippen molar-refractivity contribution in [3.63, 3.8) is 0 Å². The van der Waals surface area contributed by atoms with Gasteiger partial charge in [-0.2, -0.15) is 0 Å². The predicted molar refractivity (Wildman–Crippen MR) is 70.9 cm³/mol. The molecule has 5 heteroatoms. The number of halogens is 2. The molecule has 1 aromatic heterocycles. The second kappa shape index (κ2) is 4.98. The Morgan fingerprint density at radius 3 is 2.76 bits per heavy atom. The summed E-state index contributed by atoms with van der Waals surface area (Å²) in [6, 6.07) is 6.02. The van der Waals surface area contributed by atoms with Gasteiger partial charge in [-0.05, 0) is 45.6 Å². The quantitative estimate of drug-likeness (QED) is 0.694. The first-order valence-corrected chi connectivity index (χ1v) is 6.55. The summed E-state index contributed by atoms with van der Waals surface area (Å²) < 4.78 is 14.1. The molecule has 0 radical (unpaired) electrons. The van der Waals surface area contributed by atoms with Gasteiger partial charge >= 0.3 is 0 Å². The normalized spacial score (nSPS) is 10.5. The smallest absolute Gasteiger partial charge is 0.168 e. The molecule has 2 nitrogen and oxygen atoms in total. The maximum atomic E-state index is 13.2. The monoisotopic (exact) mass is 313 g/mol. The Kier molecular flexibility index (Phi) is 3.59. The zero-order valence-electron chi connectivity index (χ0n) is 8.74. The van der Waals surface area contributed by atoms with Gasteiger partial charge in [-0.15, -0.1) is 11.3 Å². The number of thiophene rings is 1.